The average molecular weight is 289 g/mol. The van der Waals surface area contributed by atoms with Gasteiger partial charge in [-0.15, -0.1) is 11.3 Å². The zero-order valence-corrected chi connectivity index (χ0v) is 10.8. The first kappa shape index (κ1) is 14.0. The topological polar surface area (TPSA) is 26.0 Å². The predicted molar refractivity (Wildman–Crippen MR) is 66.5 cm³/mol. The van der Waals surface area contributed by atoms with Crippen molar-refractivity contribution in [2.24, 2.45) is 5.73 Å². The van der Waals surface area contributed by atoms with Gasteiger partial charge in [-0.3, -0.25) is 0 Å². The maximum absolute atomic E-state index is 13.5. The molecule has 6 heteroatoms. The third kappa shape index (κ3) is 2.79. The van der Waals surface area contributed by atoms with Crippen LogP contribution in [0.2, 0.25) is 0 Å². The number of hydrogen-bond acceptors (Lipinski definition) is 2. The molecule has 19 heavy (non-hydrogen) atoms. The summed E-state index contributed by atoms with van der Waals surface area (Å²) >= 11 is 1.40. The minimum absolute atomic E-state index is 0.330. The highest BCUT2D eigenvalue weighted by atomic mass is 32.1. The van der Waals surface area contributed by atoms with Crippen molar-refractivity contribution in [2.45, 2.75) is 19.1 Å². The van der Waals surface area contributed by atoms with E-state index in [-0.39, 0.29) is 0 Å². The van der Waals surface area contributed by atoms with Crippen molar-refractivity contribution in [3.05, 3.63) is 57.0 Å². The number of hydrogen-bond donors (Lipinski definition) is 1. The molecule has 1 aromatic heterocycles. The Balaban J connectivity index is 2.38. The van der Waals surface area contributed by atoms with Gasteiger partial charge in [0, 0.05) is 4.88 Å². The van der Waals surface area contributed by atoms with Crippen molar-refractivity contribution in [1.29, 1.82) is 0 Å². The number of nitrogens with two attached hydrogens (primary N) is 1. The summed E-state index contributed by atoms with van der Waals surface area (Å²) in [6, 6.07) is 4.05. The summed E-state index contributed by atoms with van der Waals surface area (Å²) in [4.78, 5) is 0.819. The van der Waals surface area contributed by atoms with Crippen LogP contribution in [0.15, 0.2) is 29.6 Å². The molecule has 0 aliphatic heterocycles. The molecule has 0 saturated heterocycles. The average Bonchev–Trinajstić information content (AvgIpc) is 2.72. The fourth-order valence-electron chi connectivity index (χ4n) is 1.81. The SMILES string of the molecule is Cc1ccsc1C(N)c1ccc(C(F)(F)F)c(F)c1. The number of rotatable bonds is 2. The quantitative estimate of drug-likeness (QED) is 0.821. The van der Waals surface area contributed by atoms with Crippen LogP contribution in [0, 0.1) is 12.7 Å². The van der Waals surface area contributed by atoms with Crippen molar-refractivity contribution < 1.29 is 17.6 Å². The molecule has 0 radical (unpaired) electrons. The molecule has 2 N–H and O–H groups in total. The fourth-order valence-corrected chi connectivity index (χ4v) is 2.76. The third-order valence-electron chi connectivity index (χ3n) is 2.84. The van der Waals surface area contributed by atoms with E-state index in [1.807, 2.05) is 18.4 Å². The molecule has 1 unspecified atom stereocenters. The molecule has 0 spiro atoms. The van der Waals surface area contributed by atoms with Gasteiger partial charge in [0.1, 0.15) is 5.82 Å². The van der Waals surface area contributed by atoms with Crippen LogP contribution in [0.4, 0.5) is 17.6 Å². The molecule has 1 nitrogen and oxygen atoms in total. The largest absolute Gasteiger partial charge is 0.419 e. The Morgan fingerprint density at radius 2 is 1.89 bits per heavy atom. The van der Waals surface area contributed by atoms with E-state index >= 15 is 0 Å². The maximum Gasteiger partial charge on any atom is 0.419 e. The van der Waals surface area contributed by atoms with E-state index in [2.05, 4.69) is 0 Å². The van der Waals surface area contributed by atoms with Crippen LogP contribution in [0.5, 0.6) is 0 Å². The first-order valence-electron chi connectivity index (χ1n) is 5.47. The molecule has 102 valence electrons. The van der Waals surface area contributed by atoms with Crippen LogP contribution in [-0.2, 0) is 6.18 Å². The lowest BCUT2D eigenvalue weighted by molar-refractivity contribution is -0.140. The van der Waals surface area contributed by atoms with E-state index in [9.17, 15) is 17.6 Å². The summed E-state index contributed by atoms with van der Waals surface area (Å²) in [6.45, 7) is 1.85. The summed E-state index contributed by atoms with van der Waals surface area (Å²) in [5, 5.41) is 1.84. The first-order chi connectivity index (χ1) is 8.80. The van der Waals surface area contributed by atoms with Crippen LogP contribution >= 0.6 is 11.3 Å². The summed E-state index contributed by atoms with van der Waals surface area (Å²) in [5.41, 5.74) is 5.95. The van der Waals surface area contributed by atoms with Gasteiger partial charge in [-0.05, 0) is 41.6 Å². The van der Waals surface area contributed by atoms with Crippen LogP contribution in [-0.4, -0.2) is 0 Å². The molecule has 1 aromatic carbocycles. The molecular formula is C13H11F4NS. The first-order valence-corrected chi connectivity index (χ1v) is 6.35. The maximum atomic E-state index is 13.5. The molecule has 0 fully saturated rings. The molecule has 2 rings (SSSR count). The summed E-state index contributed by atoms with van der Waals surface area (Å²) in [5.74, 6) is -1.30. The normalized spacial score (nSPS) is 13.6. The zero-order valence-electron chi connectivity index (χ0n) is 9.96. The van der Waals surface area contributed by atoms with Gasteiger partial charge >= 0.3 is 6.18 Å². The van der Waals surface area contributed by atoms with Crippen molar-refractivity contribution >= 4 is 11.3 Å². The second-order valence-corrected chi connectivity index (χ2v) is 5.13. The van der Waals surface area contributed by atoms with Crippen LogP contribution in [0.3, 0.4) is 0 Å². The molecule has 0 saturated carbocycles. The molecule has 1 heterocycles. The number of thiophene rings is 1. The number of halogens is 4. The molecule has 0 aliphatic carbocycles. The number of benzene rings is 1. The molecule has 0 aliphatic rings. The Kier molecular flexibility index (Phi) is 3.64. The number of alkyl halides is 3. The second-order valence-electron chi connectivity index (χ2n) is 4.18. The lowest BCUT2D eigenvalue weighted by atomic mass is 10.0. The van der Waals surface area contributed by atoms with Crippen molar-refractivity contribution in [2.75, 3.05) is 0 Å². The monoisotopic (exact) mass is 289 g/mol. The third-order valence-corrected chi connectivity index (χ3v) is 3.94. The van der Waals surface area contributed by atoms with Crippen LogP contribution in [0.25, 0.3) is 0 Å². The molecule has 2 aromatic rings. The van der Waals surface area contributed by atoms with Crippen molar-refractivity contribution in [3.63, 3.8) is 0 Å². The summed E-state index contributed by atoms with van der Waals surface area (Å²) in [6.07, 6.45) is -4.69. The second kappa shape index (κ2) is 4.94. The Bertz CT molecular complexity index is 589. The van der Waals surface area contributed by atoms with Crippen LogP contribution < -0.4 is 5.73 Å². The lowest BCUT2D eigenvalue weighted by Gasteiger charge is -2.14. The van der Waals surface area contributed by atoms with E-state index in [1.165, 1.54) is 17.4 Å². The van der Waals surface area contributed by atoms with Gasteiger partial charge in [0.25, 0.3) is 0 Å². The zero-order chi connectivity index (χ0) is 14.2. The standard InChI is InChI=1S/C13H11F4NS/c1-7-4-5-19-12(7)11(18)8-2-3-9(10(14)6-8)13(15,16)17/h2-6,11H,18H2,1H3. The van der Waals surface area contributed by atoms with E-state index in [4.69, 9.17) is 5.73 Å². The van der Waals surface area contributed by atoms with Gasteiger partial charge in [-0.2, -0.15) is 13.2 Å². The van der Waals surface area contributed by atoms with Gasteiger partial charge in [0.05, 0.1) is 11.6 Å². The Hall–Kier alpha value is -1.40. The highest BCUT2D eigenvalue weighted by molar-refractivity contribution is 7.10. The van der Waals surface area contributed by atoms with Gasteiger partial charge in [-0.25, -0.2) is 4.39 Å². The molecule has 0 amide bonds. The van der Waals surface area contributed by atoms with Gasteiger partial charge < -0.3 is 5.73 Å². The van der Waals surface area contributed by atoms with E-state index in [0.29, 0.717) is 5.56 Å². The Labute approximate surface area is 111 Å². The highest BCUT2D eigenvalue weighted by Crippen LogP contribution is 2.34. The van der Waals surface area contributed by atoms with Gasteiger partial charge in [0.15, 0.2) is 0 Å². The predicted octanol–water partition coefficient (Wildman–Crippen LogP) is 4.26. The molecule has 1 atom stereocenters. The minimum atomic E-state index is -4.69. The van der Waals surface area contributed by atoms with Crippen molar-refractivity contribution in [1.82, 2.24) is 0 Å². The van der Waals surface area contributed by atoms with E-state index in [1.54, 1.807) is 0 Å². The molecule has 0 bridgehead atoms. The van der Waals surface area contributed by atoms with Crippen LogP contribution in [0.1, 0.15) is 27.6 Å². The molecular weight excluding hydrogens is 278 g/mol. The Morgan fingerprint density at radius 3 is 2.37 bits per heavy atom. The van der Waals surface area contributed by atoms with Gasteiger partial charge in [-0.1, -0.05) is 6.07 Å². The number of aryl methyl sites for hydroxylation is 1. The summed E-state index contributed by atoms with van der Waals surface area (Å²) < 4.78 is 50.8. The lowest BCUT2D eigenvalue weighted by Crippen LogP contribution is -2.14. The van der Waals surface area contributed by atoms with Gasteiger partial charge in [0.2, 0.25) is 0 Å². The van der Waals surface area contributed by atoms with E-state index in [0.717, 1.165) is 22.6 Å². The smallest absolute Gasteiger partial charge is 0.320 e. The fraction of sp³-hybridized carbons (Fsp3) is 0.231. The highest BCUT2D eigenvalue weighted by Gasteiger charge is 2.34. The Morgan fingerprint density at radius 1 is 1.21 bits per heavy atom. The summed E-state index contributed by atoms with van der Waals surface area (Å²) in [7, 11) is 0. The van der Waals surface area contributed by atoms with Crippen molar-refractivity contribution in [3.8, 4) is 0 Å². The minimum Gasteiger partial charge on any atom is -0.320 e. The van der Waals surface area contributed by atoms with E-state index < -0.39 is 23.6 Å².